The Balaban J connectivity index is 2.05. The number of hydrogen-bond acceptors (Lipinski definition) is 5. The van der Waals surface area contributed by atoms with Crippen molar-refractivity contribution in [1.29, 1.82) is 5.26 Å². The summed E-state index contributed by atoms with van der Waals surface area (Å²) in [4.78, 5) is 28.5. The fourth-order valence-corrected chi connectivity index (χ4v) is 3.26. The molecule has 1 heterocycles. The number of nitriles is 1. The SMILES string of the molecule is CCc1cccc(CC)c1NC(=O)/C(C#N)=C\N1CCN(C(=O)OC(C)(C)C)CC1. The van der Waals surface area contributed by atoms with Gasteiger partial charge in [0.05, 0.1) is 0 Å². The second-order valence-electron chi connectivity index (χ2n) is 8.27. The van der Waals surface area contributed by atoms with E-state index in [1.165, 1.54) is 0 Å². The summed E-state index contributed by atoms with van der Waals surface area (Å²) >= 11 is 0. The van der Waals surface area contributed by atoms with Crippen molar-refractivity contribution in [2.24, 2.45) is 0 Å². The quantitative estimate of drug-likeness (QED) is 0.589. The zero-order chi connectivity index (χ0) is 22.3. The van der Waals surface area contributed by atoms with Gasteiger partial charge in [-0.25, -0.2) is 4.79 Å². The van der Waals surface area contributed by atoms with E-state index in [4.69, 9.17) is 4.74 Å². The number of hydrogen-bond donors (Lipinski definition) is 1. The van der Waals surface area contributed by atoms with E-state index in [0.29, 0.717) is 26.2 Å². The molecule has 1 N–H and O–H groups in total. The molecule has 0 unspecified atom stereocenters. The predicted molar refractivity (Wildman–Crippen MR) is 117 cm³/mol. The number of aryl methyl sites for hydroxylation is 2. The van der Waals surface area contributed by atoms with Gasteiger partial charge >= 0.3 is 6.09 Å². The first-order chi connectivity index (χ1) is 14.2. The molecule has 2 rings (SSSR count). The molecule has 30 heavy (non-hydrogen) atoms. The highest BCUT2D eigenvalue weighted by atomic mass is 16.6. The van der Waals surface area contributed by atoms with Crippen LogP contribution in [-0.4, -0.2) is 53.6 Å². The molecular weight excluding hydrogens is 380 g/mol. The number of nitrogens with one attached hydrogen (secondary N) is 1. The van der Waals surface area contributed by atoms with Gasteiger partial charge in [0.25, 0.3) is 5.91 Å². The first-order valence-electron chi connectivity index (χ1n) is 10.4. The van der Waals surface area contributed by atoms with Crippen LogP contribution in [0.2, 0.25) is 0 Å². The lowest BCUT2D eigenvalue weighted by molar-refractivity contribution is -0.112. The van der Waals surface area contributed by atoms with Gasteiger partial charge in [0, 0.05) is 38.1 Å². The largest absolute Gasteiger partial charge is 0.444 e. The maximum Gasteiger partial charge on any atom is 0.410 e. The van der Waals surface area contributed by atoms with Crippen molar-refractivity contribution in [2.75, 3.05) is 31.5 Å². The lowest BCUT2D eigenvalue weighted by Crippen LogP contribution is -2.48. The maximum atomic E-state index is 12.8. The molecule has 0 aliphatic carbocycles. The van der Waals surface area contributed by atoms with Gasteiger partial charge in [-0.1, -0.05) is 32.0 Å². The number of rotatable bonds is 5. The summed E-state index contributed by atoms with van der Waals surface area (Å²) in [5, 5.41) is 12.5. The van der Waals surface area contributed by atoms with Gasteiger partial charge in [-0.05, 0) is 44.7 Å². The Labute approximate surface area is 179 Å². The molecular formula is C23H32N4O3. The fraction of sp³-hybridized carbons (Fsp3) is 0.522. The first kappa shape index (κ1) is 23.3. The average molecular weight is 413 g/mol. The van der Waals surface area contributed by atoms with Gasteiger partial charge in [0.15, 0.2) is 0 Å². The minimum absolute atomic E-state index is 0.0497. The number of piperazine rings is 1. The second-order valence-corrected chi connectivity index (χ2v) is 8.27. The van der Waals surface area contributed by atoms with Crippen LogP contribution in [0.4, 0.5) is 10.5 Å². The van der Waals surface area contributed by atoms with Crippen LogP contribution >= 0.6 is 0 Å². The zero-order valence-electron chi connectivity index (χ0n) is 18.6. The topological polar surface area (TPSA) is 85.7 Å². The van der Waals surface area contributed by atoms with Gasteiger partial charge in [-0.15, -0.1) is 0 Å². The molecule has 0 radical (unpaired) electrons. The number of ether oxygens (including phenoxy) is 1. The van der Waals surface area contributed by atoms with Crippen LogP contribution in [0.1, 0.15) is 45.7 Å². The Morgan fingerprint density at radius 3 is 2.17 bits per heavy atom. The van der Waals surface area contributed by atoms with Crippen molar-refractivity contribution < 1.29 is 14.3 Å². The molecule has 1 aromatic carbocycles. The molecule has 7 nitrogen and oxygen atoms in total. The molecule has 1 saturated heterocycles. The van der Waals surface area contributed by atoms with Gasteiger partial charge < -0.3 is 19.9 Å². The van der Waals surface area contributed by atoms with E-state index in [0.717, 1.165) is 29.7 Å². The van der Waals surface area contributed by atoms with Crippen LogP contribution < -0.4 is 5.32 Å². The molecule has 7 heteroatoms. The number of carbonyl (C=O) groups is 2. The minimum atomic E-state index is -0.535. The molecule has 2 amide bonds. The zero-order valence-corrected chi connectivity index (χ0v) is 18.6. The van der Waals surface area contributed by atoms with Crippen molar-refractivity contribution in [2.45, 2.75) is 53.1 Å². The second kappa shape index (κ2) is 10.1. The minimum Gasteiger partial charge on any atom is -0.444 e. The summed E-state index contributed by atoms with van der Waals surface area (Å²) in [6, 6.07) is 7.97. The van der Waals surface area contributed by atoms with Crippen LogP contribution in [0.3, 0.4) is 0 Å². The van der Waals surface area contributed by atoms with Crippen LogP contribution in [-0.2, 0) is 22.4 Å². The lowest BCUT2D eigenvalue weighted by Gasteiger charge is -2.35. The fourth-order valence-electron chi connectivity index (χ4n) is 3.26. The molecule has 0 atom stereocenters. The third-order valence-electron chi connectivity index (χ3n) is 4.88. The number of carbonyl (C=O) groups excluding carboxylic acids is 2. The highest BCUT2D eigenvalue weighted by Crippen LogP contribution is 2.23. The van der Waals surface area contributed by atoms with Gasteiger partial charge in [0.1, 0.15) is 17.2 Å². The molecule has 1 fully saturated rings. The lowest BCUT2D eigenvalue weighted by atomic mass is 10.0. The van der Waals surface area contributed by atoms with Gasteiger partial charge in [-0.2, -0.15) is 5.26 Å². The Morgan fingerprint density at radius 2 is 1.70 bits per heavy atom. The molecule has 0 spiro atoms. The normalized spacial score (nSPS) is 14.9. The van der Waals surface area contributed by atoms with E-state index >= 15 is 0 Å². The highest BCUT2D eigenvalue weighted by Gasteiger charge is 2.25. The van der Waals surface area contributed by atoms with E-state index in [1.54, 1.807) is 11.1 Å². The number of amides is 2. The molecule has 1 aromatic rings. The predicted octanol–water partition coefficient (Wildman–Crippen LogP) is 3.71. The van der Waals surface area contributed by atoms with E-state index in [1.807, 2.05) is 63.8 Å². The van der Waals surface area contributed by atoms with Crippen molar-refractivity contribution in [3.63, 3.8) is 0 Å². The van der Waals surface area contributed by atoms with Gasteiger partial charge in [0.2, 0.25) is 0 Å². The van der Waals surface area contributed by atoms with Crippen LogP contribution in [0.5, 0.6) is 0 Å². The van der Waals surface area contributed by atoms with E-state index in [-0.39, 0.29) is 11.7 Å². The van der Waals surface area contributed by atoms with Crippen molar-refractivity contribution >= 4 is 17.7 Å². The molecule has 0 bridgehead atoms. The van der Waals surface area contributed by atoms with Crippen molar-refractivity contribution in [3.8, 4) is 6.07 Å². The maximum absolute atomic E-state index is 12.8. The van der Waals surface area contributed by atoms with Gasteiger partial charge in [-0.3, -0.25) is 4.79 Å². The monoisotopic (exact) mass is 412 g/mol. The number of nitrogens with zero attached hydrogens (tertiary/aromatic N) is 3. The summed E-state index contributed by atoms with van der Waals surface area (Å²) in [5.74, 6) is -0.414. The number of benzene rings is 1. The van der Waals surface area contributed by atoms with E-state index in [2.05, 4.69) is 5.32 Å². The number of anilines is 1. The van der Waals surface area contributed by atoms with Crippen molar-refractivity contribution in [3.05, 3.63) is 41.1 Å². The van der Waals surface area contributed by atoms with Crippen LogP contribution in [0.25, 0.3) is 0 Å². The van der Waals surface area contributed by atoms with Crippen LogP contribution in [0.15, 0.2) is 30.0 Å². The highest BCUT2D eigenvalue weighted by molar-refractivity contribution is 6.07. The summed E-state index contributed by atoms with van der Waals surface area (Å²) in [7, 11) is 0. The summed E-state index contributed by atoms with van der Waals surface area (Å²) < 4.78 is 5.40. The summed E-state index contributed by atoms with van der Waals surface area (Å²) in [5.41, 5.74) is 2.40. The Bertz CT molecular complexity index is 819. The molecule has 0 saturated carbocycles. The summed E-state index contributed by atoms with van der Waals surface area (Å²) in [6.45, 7) is 11.6. The molecule has 1 aliphatic rings. The van der Waals surface area contributed by atoms with E-state index in [9.17, 15) is 14.9 Å². The standard InChI is InChI=1S/C23H32N4O3/c1-6-17-9-8-10-18(7-2)20(17)25-21(28)19(15-24)16-26-11-13-27(14-12-26)22(29)30-23(3,4)5/h8-10,16H,6-7,11-14H2,1-5H3,(H,25,28)/b19-16-. The third kappa shape index (κ3) is 6.24. The Morgan fingerprint density at radius 1 is 1.13 bits per heavy atom. The van der Waals surface area contributed by atoms with Crippen molar-refractivity contribution in [1.82, 2.24) is 9.80 Å². The summed E-state index contributed by atoms with van der Waals surface area (Å²) in [6.07, 6.45) is 2.83. The van der Waals surface area contributed by atoms with Crippen LogP contribution in [0, 0.1) is 11.3 Å². The smallest absolute Gasteiger partial charge is 0.410 e. The molecule has 1 aliphatic heterocycles. The number of para-hydroxylation sites is 1. The Kier molecular flexibility index (Phi) is 7.87. The molecule has 162 valence electrons. The first-order valence-corrected chi connectivity index (χ1v) is 10.4. The molecule has 0 aromatic heterocycles. The van der Waals surface area contributed by atoms with E-state index < -0.39 is 11.5 Å². The third-order valence-corrected chi connectivity index (χ3v) is 4.88. The Hall–Kier alpha value is -3.01. The average Bonchev–Trinajstić information content (AvgIpc) is 2.71.